The third-order valence-corrected chi connectivity index (χ3v) is 4.35. The number of hydrogen-bond donors (Lipinski definition) is 1. The van der Waals surface area contributed by atoms with Crippen molar-refractivity contribution >= 4 is 23.1 Å². The highest BCUT2D eigenvalue weighted by molar-refractivity contribution is 7.99. The number of thioether (sulfide) groups is 1. The van der Waals surface area contributed by atoms with E-state index < -0.39 is 0 Å². The molecule has 0 spiro atoms. The molecule has 0 radical (unpaired) electrons. The van der Waals surface area contributed by atoms with Crippen LogP contribution in [0.25, 0.3) is 0 Å². The minimum Gasteiger partial charge on any atom is -0.327 e. The van der Waals surface area contributed by atoms with E-state index in [4.69, 9.17) is 5.73 Å². The number of hydrogen-bond acceptors (Lipinski definition) is 3. The second-order valence-corrected chi connectivity index (χ2v) is 5.79. The lowest BCUT2D eigenvalue weighted by Crippen LogP contribution is -2.25. The predicted molar refractivity (Wildman–Crippen MR) is 73.2 cm³/mol. The summed E-state index contributed by atoms with van der Waals surface area (Å²) in [5, 5.41) is 2.10. The van der Waals surface area contributed by atoms with Gasteiger partial charge in [0.15, 0.2) is 0 Å². The molecule has 2 rings (SSSR count). The van der Waals surface area contributed by atoms with E-state index in [0.29, 0.717) is 0 Å². The molecule has 1 atom stereocenters. The van der Waals surface area contributed by atoms with Crippen LogP contribution in [0.5, 0.6) is 0 Å². The number of rotatable bonds is 5. The highest BCUT2D eigenvalue weighted by atomic mass is 32.2. The van der Waals surface area contributed by atoms with Gasteiger partial charge < -0.3 is 5.73 Å². The van der Waals surface area contributed by atoms with Gasteiger partial charge in [0.05, 0.1) is 0 Å². The zero-order chi connectivity index (χ0) is 11.2. The molecule has 0 saturated heterocycles. The van der Waals surface area contributed by atoms with Gasteiger partial charge in [0.2, 0.25) is 0 Å². The van der Waals surface area contributed by atoms with E-state index in [1.54, 1.807) is 11.3 Å². The Labute approximate surface area is 105 Å². The van der Waals surface area contributed by atoms with Crippen molar-refractivity contribution in [2.75, 3.05) is 5.75 Å². The molecular formula is C13H15NS2. The second-order valence-electron chi connectivity index (χ2n) is 3.67. The van der Waals surface area contributed by atoms with E-state index in [2.05, 4.69) is 41.8 Å². The van der Waals surface area contributed by atoms with Crippen LogP contribution in [-0.2, 0) is 6.42 Å². The Morgan fingerprint density at radius 2 is 1.94 bits per heavy atom. The summed E-state index contributed by atoms with van der Waals surface area (Å²) in [4.78, 5) is 2.67. The molecule has 2 N–H and O–H groups in total. The number of nitrogens with two attached hydrogens (primary N) is 1. The Balaban J connectivity index is 1.78. The first-order valence-electron chi connectivity index (χ1n) is 5.30. The second kappa shape index (κ2) is 6.09. The molecule has 2 aromatic rings. The first-order chi connectivity index (χ1) is 7.84. The van der Waals surface area contributed by atoms with Gasteiger partial charge >= 0.3 is 0 Å². The van der Waals surface area contributed by atoms with E-state index in [1.807, 2.05) is 17.8 Å². The average molecular weight is 249 g/mol. The lowest BCUT2D eigenvalue weighted by Gasteiger charge is -2.09. The fraction of sp³-hybridized carbons (Fsp3) is 0.231. The van der Waals surface area contributed by atoms with Crippen molar-refractivity contribution in [3.8, 4) is 0 Å². The van der Waals surface area contributed by atoms with Crippen LogP contribution in [0.4, 0.5) is 0 Å². The molecule has 1 unspecified atom stereocenters. The third kappa shape index (κ3) is 3.67. The summed E-state index contributed by atoms with van der Waals surface area (Å²) in [5.74, 6) is 0.974. The normalized spacial score (nSPS) is 12.6. The van der Waals surface area contributed by atoms with Gasteiger partial charge in [0, 0.05) is 21.6 Å². The van der Waals surface area contributed by atoms with Crippen LogP contribution in [0.3, 0.4) is 0 Å². The highest BCUT2D eigenvalue weighted by Gasteiger charge is 2.05. The molecular weight excluding hydrogens is 234 g/mol. The Bertz CT molecular complexity index is 397. The highest BCUT2D eigenvalue weighted by Crippen LogP contribution is 2.19. The Hall–Kier alpha value is -0.770. The first-order valence-corrected chi connectivity index (χ1v) is 7.17. The SMILES string of the molecule is NC(CSc1ccccc1)Cc1cccs1. The van der Waals surface area contributed by atoms with Crippen molar-refractivity contribution in [2.24, 2.45) is 5.73 Å². The molecule has 0 fully saturated rings. The zero-order valence-corrected chi connectivity index (χ0v) is 10.6. The van der Waals surface area contributed by atoms with Crippen molar-refractivity contribution in [1.82, 2.24) is 0 Å². The molecule has 16 heavy (non-hydrogen) atoms. The summed E-state index contributed by atoms with van der Waals surface area (Å²) in [7, 11) is 0. The maximum atomic E-state index is 6.10. The number of thiophene rings is 1. The van der Waals surface area contributed by atoms with Gasteiger partial charge in [-0.15, -0.1) is 23.1 Å². The van der Waals surface area contributed by atoms with E-state index in [1.165, 1.54) is 9.77 Å². The lowest BCUT2D eigenvalue weighted by molar-refractivity contribution is 0.757. The van der Waals surface area contributed by atoms with Crippen LogP contribution in [0.1, 0.15) is 4.88 Å². The molecule has 84 valence electrons. The van der Waals surface area contributed by atoms with Gasteiger partial charge in [-0.25, -0.2) is 0 Å². The van der Waals surface area contributed by atoms with Crippen molar-refractivity contribution < 1.29 is 0 Å². The molecule has 0 amide bonds. The molecule has 0 saturated carbocycles. The van der Waals surface area contributed by atoms with Crippen molar-refractivity contribution in [3.05, 3.63) is 52.7 Å². The Morgan fingerprint density at radius 3 is 2.62 bits per heavy atom. The molecule has 1 aromatic carbocycles. The van der Waals surface area contributed by atoms with E-state index >= 15 is 0 Å². The van der Waals surface area contributed by atoms with Gasteiger partial charge in [-0.2, -0.15) is 0 Å². The smallest absolute Gasteiger partial charge is 0.0182 e. The van der Waals surface area contributed by atoms with Gasteiger partial charge in [0.1, 0.15) is 0 Å². The van der Waals surface area contributed by atoms with Crippen molar-refractivity contribution in [2.45, 2.75) is 17.4 Å². The summed E-state index contributed by atoms with van der Waals surface area (Å²) in [6.45, 7) is 0. The van der Waals surface area contributed by atoms with Crippen LogP contribution in [0.2, 0.25) is 0 Å². The van der Waals surface area contributed by atoms with Gasteiger partial charge in [-0.05, 0) is 30.0 Å². The van der Waals surface area contributed by atoms with Crippen LogP contribution in [-0.4, -0.2) is 11.8 Å². The maximum Gasteiger partial charge on any atom is 0.0182 e. The number of benzene rings is 1. The standard InChI is InChI=1S/C13H15NS2/c14-11(9-13-7-4-8-15-13)10-16-12-5-2-1-3-6-12/h1-8,11H,9-10,14H2. The summed E-state index contributed by atoms with van der Waals surface area (Å²) < 4.78 is 0. The van der Waals surface area contributed by atoms with Crippen LogP contribution < -0.4 is 5.73 Å². The van der Waals surface area contributed by atoms with Crippen molar-refractivity contribution in [3.63, 3.8) is 0 Å². The average Bonchev–Trinajstić information content (AvgIpc) is 2.81. The van der Waals surface area contributed by atoms with Gasteiger partial charge in [-0.1, -0.05) is 24.3 Å². The zero-order valence-electron chi connectivity index (χ0n) is 9.00. The minimum atomic E-state index is 0.240. The topological polar surface area (TPSA) is 26.0 Å². The summed E-state index contributed by atoms with van der Waals surface area (Å²) in [5.41, 5.74) is 6.10. The van der Waals surface area contributed by atoms with Crippen LogP contribution in [0, 0.1) is 0 Å². The molecule has 1 aromatic heterocycles. The van der Waals surface area contributed by atoms with E-state index in [9.17, 15) is 0 Å². The molecule has 1 nitrogen and oxygen atoms in total. The van der Waals surface area contributed by atoms with Gasteiger partial charge in [0.25, 0.3) is 0 Å². The van der Waals surface area contributed by atoms with Crippen LogP contribution >= 0.6 is 23.1 Å². The monoisotopic (exact) mass is 249 g/mol. The quantitative estimate of drug-likeness (QED) is 0.822. The van der Waals surface area contributed by atoms with E-state index in [0.717, 1.165) is 12.2 Å². The Kier molecular flexibility index (Phi) is 4.45. The largest absolute Gasteiger partial charge is 0.327 e. The van der Waals surface area contributed by atoms with E-state index in [-0.39, 0.29) is 6.04 Å². The van der Waals surface area contributed by atoms with Crippen LogP contribution in [0.15, 0.2) is 52.7 Å². The lowest BCUT2D eigenvalue weighted by atomic mass is 10.2. The maximum absolute atomic E-state index is 6.10. The molecule has 1 heterocycles. The molecule has 0 aliphatic heterocycles. The fourth-order valence-electron chi connectivity index (χ4n) is 1.47. The summed E-state index contributed by atoms with van der Waals surface area (Å²) >= 11 is 3.61. The Morgan fingerprint density at radius 1 is 1.12 bits per heavy atom. The third-order valence-electron chi connectivity index (χ3n) is 2.25. The molecule has 3 heteroatoms. The van der Waals surface area contributed by atoms with Crippen molar-refractivity contribution in [1.29, 1.82) is 0 Å². The molecule has 0 bridgehead atoms. The molecule has 0 aliphatic rings. The first kappa shape index (κ1) is 11.7. The van der Waals surface area contributed by atoms with Gasteiger partial charge in [-0.3, -0.25) is 0 Å². The fourth-order valence-corrected chi connectivity index (χ4v) is 3.14. The summed E-state index contributed by atoms with van der Waals surface area (Å²) in [6.07, 6.45) is 0.984. The minimum absolute atomic E-state index is 0.240. The predicted octanol–water partition coefficient (Wildman–Crippen LogP) is 3.41. The summed E-state index contributed by atoms with van der Waals surface area (Å²) in [6, 6.07) is 14.9. The molecule has 0 aliphatic carbocycles.